The lowest BCUT2D eigenvalue weighted by molar-refractivity contribution is -0.137. The van der Waals surface area contributed by atoms with Crippen LogP contribution in [0.5, 0.6) is 0 Å². The summed E-state index contributed by atoms with van der Waals surface area (Å²) in [6, 6.07) is 0. The number of piperazine rings is 1. The van der Waals surface area contributed by atoms with Crippen LogP contribution < -0.4 is 0 Å². The van der Waals surface area contributed by atoms with E-state index in [2.05, 4.69) is 4.90 Å². The lowest BCUT2D eigenvalue weighted by Gasteiger charge is -2.32. The summed E-state index contributed by atoms with van der Waals surface area (Å²) in [5.41, 5.74) is 0. The number of likely N-dealkylation sites (N-methyl/N-ethyl adjacent to an activating group) is 1. The van der Waals surface area contributed by atoms with Crippen LogP contribution in [0.15, 0.2) is 0 Å². The first-order chi connectivity index (χ1) is 8.09. The van der Waals surface area contributed by atoms with Gasteiger partial charge >= 0.3 is 5.97 Å². The van der Waals surface area contributed by atoms with E-state index in [1.54, 1.807) is 0 Å². The zero-order valence-electron chi connectivity index (χ0n) is 11.1. The minimum Gasteiger partial charge on any atom is -0.481 e. The zero-order chi connectivity index (χ0) is 13.3. The Balaban J connectivity index is 0.00000121. The number of carboxylic acid groups (broad SMARTS) is 1. The number of carboxylic acids is 1. The van der Waals surface area contributed by atoms with Crippen molar-refractivity contribution < 1.29 is 14.7 Å². The first kappa shape index (κ1) is 15.9. The Morgan fingerprint density at radius 1 is 1.06 bits per heavy atom. The van der Waals surface area contributed by atoms with Gasteiger partial charge in [0, 0.05) is 39.0 Å². The highest BCUT2D eigenvalue weighted by molar-refractivity contribution is 5.77. The molecule has 0 unspecified atom stereocenters. The third-order valence-corrected chi connectivity index (χ3v) is 2.64. The van der Waals surface area contributed by atoms with Gasteiger partial charge < -0.3 is 14.9 Å². The maximum absolute atomic E-state index is 11.6. The van der Waals surface area contributed by atoms with Crippen molar-refractivity contribution in [3.05, 3.63) is 0 Å². The Hall–Kier alpha value is -1.10. The summed E-state index contributed by atoms with van der Waals surface area (Å²) in [6.07, 6.45) is 0.885. The Morgan fingerprint density at radius 3 is 2.06 bits per heavy atom. The van der Waals surface area contributed by atoms with Crippen molar-refractivity contribution in [2.45, 2.75) is 33.1 Å². The van der Waals surface area contributed by atoms with E-state index in [1.807, 2.05) is 25.8 Å². The molecule has 0 saturated carbocycles. The van der Waals surface area contributed by atoms with Gasteiger partial charge in [-0.05, 0) is 13.5 Å². The van der Waals surface area contributed by atoms with Crippen molar-refractivity contribution >= 4 is 11.9 Å². The predicted octanol–water partition coefficient (Wildman–Crippen LogP) is 1.04. The summed E-state index contributed by atoms with van der Waals surface area (Å²) in [6.45, 7) is 7.35. The molecule has 0 spiro atoms. The summed E-state index contributed by atoms with van der Waals surface area (Å²) < 4.78 is 0. The fourth-order valence-corrected chi connectivity index (χ4v) is 1.60. The summed E-state index contributed by atoms with van der Waals surface area (Å²) >= 11 is 0. The SMILES string of the molecule is CC.CN1CCN(C(=O)CCCC(=O)O)CC1. The average molecular weight is 244 g/mol. The Labute approximate surface area is 103 Å². The molecule has 1 aliphatic heterocycles. The van der Waals surface area contributed by atoms with E-state index in [1.165, 1.54) is 0 Å². The lowest BCUT2D eigenvalue weighted by atomic mass is 10.2. The fourth-order valence-electron chi connectivity index (χ4n) is 1.60. The van der Waals surface area contributed by atoms with E-state index in [9.17, 15) is 9.59 Å². The molecule has 1 amide bonds. The molecule has 0 atom stereocenters. The number of carbonyl (C=O) groups excluding carboxylic acids is 1. The van der Waals surface area contributed by atoms with Crippen molar-refractivity contribution in [2.24, 2.45) is 0 Å². The topological polar surface area (TPSA) is 60.9 Å². The van der Waals surface area contributed by atoms with E-state index in [0.29, 0.717) is 12.8 Å². The molecule has 5 nitrogen and oxygen atoms in total. The van der Waals surface area contributed by atoms with Gasteiger partial charge in [-0.15, -0.1) is 0 Å². The van der Waals surface area contributed by atoms with Gasteiger partial charge in [-0.3, -0.25) is 9.59 Å². The first-order valence-electron chi connectivity index (χ1n) is 6.27. The molecule has 0 aromatic heterocycles. The molecular weight excluding hydrogens is 220 g/mol. The van der Waals surface area contributed by atoms with Crippen molar-refractivity contribution in [3.8, 4) is 0 Å². The van der Waals surface area contributed by atoms with Crippen LogP contribution in [-0.2, 0) is 9.59 Å². The quantitative estimate of drug-likeness (QED) is 0.802. The average Bonchev–Trinajstić information content (AvgIpc) is 2.32. The summed E-state index contributed by atoms with van der Waals surface area (Å²) in [5, 5.41) is 8.44. The molecule has 5 heteroatoms. The van der Waals surface area contributed by atoms with E-state index in [0.717, 1.165) is 26.2 Å². The first-order valence-corrected chi connectivity index (χ1v) is 6.27. The fraction of sp³-hybridized carbons (Fsp3) is 0.833. The summed E-state index contributed by atoms with van der Waals surface area (Å²) in [5.74, 6) is -0.745. The number of aliphatic carboxylic acids is 1. The van der Waals surface area contributed by atoms with Crippen molar-refractivity contribution in [1.29, 1.82) is 0 Å². The van der Waals surface area contributed by atoms with Gasteiger partial charge in [0.2, 0.25) is 5.91 Å². The Morgan fingerprint density at radius 2 is 1.59 bits per heavy atom. The minimum atomic E-state index is -0.832. The number of carbonyl (C=O) groups is 2. The molecule has 0 radical (unpaired) electrons. The number of hydrogen-bond donors (Lipinski definition) is 1. The smallest absolute Gasteiger partial charge is 0.303 e. The molecular formula is C12H24N2O3. The molecule has 100 valence electrons. The van der Waals surface area contributed by atoms with E-state index < -0.39 is 5.97 Å². The van der Waals surface area contributed by atoms with Crippen LogP contribution in [0.4, 0.5) is 0 Å². The van der Waals surface area contributed by atoms with Gasteiger partial charge in [-0.1, -0.05) is 13.8 Å². The zero-order valence-corrected chi connectivity index (χ0v) is 11.1. The normalized spacial score (nSPS) is 16.1. The minimum absolute atomic E-state index is 0.0828. The third-order valence-electron chi connectivity index (χ3n) is 2.64. The van der Waals surface area contributed by atoms with E-state index in [-0.39, 0.29) is 12.3 Å². The highest BCUT2D eigenvalue weighted by atomic mass is 16.4. The highest BCUT2D eigenvalue weighted by Crippen LogP contribution is 2.05. The second kappa shape index (κ2) is 8.98. The van der Waals surface area contributed by atoms with Gasteiger partial charge in [-0.25, -0.2) is 0 Å². The molecule has 0 aliphatic carbocycles. The van der Waals surface area contributed by atoms with Crippen molar-refractivity contribution in [2.75, 3.05) is 33.2 Å². The number of nitrogens with zero attached hydrogens (tertiary/aromatic N) is 2. The van der Waals surface area contributed by atoms with Crippen LogP contribution in [0.25, 0.3) is 0 Å². The molecule has 1 rings (SSSR count). The van der Waals surface area contributed by atoms with Gasteiger partial charge in [0.15, 0.2) is 0 Å². The summed E-state index contributed by atoms with van der Waals surface area (Å²) in [4.78, 5) is 25.9. The second-order valence-electron chi connectivity index (χ2n) is 3.93. The molecule has 1 saturated heterocycles. The maximum Gasteiger partial charge on any atom is 0.303 e. The molecule has 17 heavy (non-hydrogen) atoms. The number of hydrogen-bond acceptors (Lipinski definition) is 3. The van der Waals surface area contributed by atoms with Crippen LogP contribution in [0.2, 0.25) is 0 Å². The summed E-state index contributed by atoms with van der Waals surface area (Å²) in [7, 11) is 2.03. The molecule has 0 bridgehead atoms. The molecule has 1 heterocycles. The number of amides is 1. The van der Waals surface area contributed by atoms with Crippen LogP contribution >= 0.6 is 0 Å². The van der Waals surface area contributed by atoms with Crippen LogP contribution in [-0.4, -0.2) is 60.0 Å². The lowest BCUT2D eigenvalue weighted by Crippen LogP contribution is -2.47. The Bertz CT molecular complexity index is 236. The second-order valence-corrected chi connectivity index (χ2v) is 3.93. The third kappa shape index (κ3) is 6.94. The van der Waals surface area contributed by atoms with Gasteiger partial charge in [-0.2, -0.15) is 0 Å². The standard InChI is InChI=1S/C10H18N2O3.C2H6/c1-11-5-7-12(8-6-11)9(13)3-2-4-10(14)15;1-2/h2-8H2,1H3,(H,14,15);1-2H3. The largest absolute Gasteiger partial charge is 0.481 e. The van der Waals surface area contributed by atoms with E-state index >= 15 is 0 Å². The molecule has 1 aliphatic rings. The van der Waals surface area contributed by atoms with Crippen molar-refractivity contribution in [3.63, 3.8) is 0 Å². The molecule has 1 N–H and O–H groups in total. The van der Waals surface area contributed by atoms with Gasteiger partial charge in [0.05, 0.1) is 0 Å². The van der Waals surface area contributed by atoms with Gasteiger partial charge in [0.1, 0.15) is 0 Å². The van der Waals surface area contributed by atoms with Crippen LogP contribution in [0.1, 0.15) is 33.1 Å². The molecule has 1 fully saturated rings. The van der Waals surface area contributed by atoms with Crippen LogP contribution in [0, 0.1) is 0 Å². The molecule has 0 aromatic carbocycles. The van der Waals surface area contributed by atoms with Crippen LogP contribution in [0.3, 0.4) is 0 Å². The van der Waals surface area contributed by atoms with Gasteiger partial charge in [0.25, 0.3) is 0 Å². The number of rotatable bonds is 4. The Kier molecular flexibility index (Phi) is 8.40. The maximum atomic E-state index is 11.6. The predicted molar refractivity (Wildman–Crippen MR) is 66.9 cm³/mol. The monoisotopic (exact) mass is 244 g/mol. The highest BCUT2D eigenvalue weighted by Gasteiger charge is 2.18. The van der Waals surface area contributed by atoms with E-state index in [4.69, 9.17) is 5.11 Å². The molecule has 0 aromatic rings. The van der Waals surface area contributed by atoms with Crippen molar-refractivity contribution in [1.82, 2.24) is 9.80 Å².